The van der Waals surface area contributed by atoms with Crippen molar-refractivity contribution in [2.24, 2.45) is 0 Å². The molecule has 0 bridgehead atoms. The van der Waals surface area contributed by atoms with E-state index in [9.17, 15) is 4.79 Å². The van der Waals surface area contributed by atoms with E-state index in [4.69, 9.17) is 9.47 Å². The van der Waals surface area contributed by atoms with Crippen molar-refractivity contribution in [3.05, 3.63) is 59.0 Å². The highest BCUT2D eigenvalue weighted by molar-refractivity contribution is 5.21. The van der Waals surface area contributed by atoms with Gasteiger partial charge in [0.25, 0.3) is 5.56 Å². The Morgan fingerprint density at radius 1 is 1.00 bits per heavy atom. The average Bonchev–Trinajstić information content (AvgIpc) is 2.64. The van der Waals surface area contributed by atoms with Crippen molar-refractivity contribution in [3.8, 4) is 11.5 Å². The summed E-state index contributed by atoms with van der Waals surface area (Å²) in [6, 6.07) is 13.6. The number of rotatable bonds is 7. The van der Waals surface area contributed by atoms with Gasteiger partial charge >= 0.3 is 0 Å². The van der Waals surface area contributed by atoms with Gasteiger partial charge in [-0.1, -0.05) is 18.2 Å². The van der Waals surface area contributed by atoms with Crippen LogP contribution in [0.1, 0.15) is 25.3 Å². The van der Waals surface area contributed by atoms with Crippen LogP contribution in [-0.2, 0) is 0 Å². The number of piperidine rings is 1. The molecule has 0 unspecified atom stereocenters. The third-order valence-corrected chi connectivity index (χ3v) is 4.20. The number of pyridine rings is 1. The highest BCUT2D eigenvalue weighted by Gasteiger charge is 2.17. The largest absolute Gasteiger partial charge is 0.493 e. The van der Waals surface area contributed by atoms with E-state index in [0.717, 1.165) is 38.1 Å². The van der Waals surface area contributed by atoms with Crippen LogP contribution in [0.4, 0.5) is 0 Å². The molecule has 0 aliphatic carbocycles. The molecule has 5 nitrogen and oxygen atoms in total. The number of benzene rings is 1. The second kappa shape index (κ2) is 8.55. The Labute approximate surface area is 142 Å². The Bertz CT molecular complexity index is 679. The molecular formula is C19H24N2O3. The molecule has 1 aromatic heterocycles. The lowest BCUT2D eigenvalue weighted by molar-refractivity contribution is 0.243. The van der Waals surface area contributed by atoms with E-state index in [1.54, 1.807) is 6.07 Å². The fraction of sp³-hybridized carbons (Fsp3) is 0.421. The predicted molar refractivity (Wildman–Crippen MR) is 93.9 cm³/mol. The summed E-state index contributed by atoms with van der Waals surface area (Å²) in [5.74, 6) is 1.28. The van der Waals surface area contributed by atoms with Crippen molar-refractivity contribution in [2.75, 3.05) is 26.3 Å². The van der Waals surface area contributed by atoms with Gasteiger partial charge in [-0.3, -0.25) is 4.79 Å². The Morgan fingerprint density at radius 3 is 2.54 bits per heavy atom. The van der Waals surface area contributed by atoms with E-state index < -0.39 is 0 Å². The minimum absolute atomic E-state index is 0.0339. The first kappa shape index (κ1) is 16.6. The van der Waals surface area contributed by atoms with Crippen molar-refractivity contribution in [2.45, 2.75) is 25.3 Å². The van der Waals surface area contributed by atoms with Gasteiger partial charge in [-0.25, -0.2) is 0 Å². The Balaban J connectivity index is 1.49. The molecule has 1 fully saturated rings. The molecule has 5 heteroatoms. The molecule has 1 N–H and O–H groups in total. The second-order valence-corrected chi connectivity index (χ2v) is 5.93. The fourth-order valence-corrected chi connectivity index (χ4v) is 2.92. The van der Waals surface area contributed by atoms with Crippen molar-refractivity contribution in [1.29, 1.82) is 0 Å². The monoisotopic (exact) mass is 328 g/mol. The summed E-state index contributed by atoms with van der Waals surface area (Å²) in [6.45, 7) is 2.95. The van der Waals surface area contributed by atoms with E-state index in [1.807, 2.05) is 47.2 Å². The summed E-state index contributed by atoms with van der Waals surface area (Å²) in [5.41, 5.74) is -0.0339. The van der Waals surface area contributed by atoms with Crippen LogP contribution < -0.4 is 20.3 Å². The number of ether oxygens (including phenoxy) is 2. The normalized spacial score (nSPS) is 15.2. The lowest BCUT2D eigenvalue weighted by Crippen LogP contribution is -2.34. The van der Waals surface area contributed by atoms with Crippen molar-refractivity contribution in [3.63, 3.8) is 0 Å². The van der Waals surface area contributed by atoms with E-state index >= 15 is 0 Å². The van der Waals surface area contributed by atoms with Crippen LogP contribution in [0.5, 0.6) is 11.5 Å². The van der Waals surface area contributed by atoms with E-state index in [-0.39, 0.29) is 11.6 Å². The fourth-order valence-electron chi connectivity index (χ4n) is 2.92. The molecule has 0 radical (unpaired) electrons. The lowest BCUT2D eigenvalue weighted by Gasteiger charge is -2.25. The SMILES string of the molecule is O=c1c(OCCCOc2ccccc2)cccn1C1CCNCC1. The molecule has 1 aromatic carbocycles. The van der Waals surface area contributed by atoms with Crippen LogP contribution in [0.15, 0.2) is 53.5 Å². The standard InChI is InChI=1S/C19H24N2O3/c22-19-18(8-4-13-21(19)16-9-11-20-12-10-16)24-15-5-14-23-17-6-2-1-3-7-17/h1-4,6-8,13,16,20H,5,9-12,14-15H2. The summed E-state index contributed by atoms with van der Waals surface area (Å²) in [5, 5.41) is 3.32. The predicted octanol–water partition coefficient (Wildman–Crippen LogP) is 2.62. The molecule has 3 rings (SSSR count). The zero-order valence-corrected chi connectivity index (χ0v) is 13.8. The summed E-state index contributed by atoms with van der Waals surface area (Å²) in [4.78, 5) is 12.5. The van der Waals surface area contributed by atoms with Gasteiger partial charge < -0.3 is 19.4 Å². The molecule has 0 saturated carbocycles. The zero-order chi connectivity index (χ0) is 16.6. The Hall–Kier alpha value is -2.27. The Kier molecular flexibility index (Phi) is 5.90. The minimum atomic E-state index is -0.0339. The maximum absolute atomic E-state index is 12.5. The zero-order valence-electron chi connectivity index (χ0n) is 13.8. The van der Waals surface area contributed by atoms with Crippen LogP contribution >= 0.6 is 0 Å². The molecule has 0 spiro atoms. The maximum Gasteiger partial charge on any atom is 0.293 e. The van der Waals surface area contributed by atoms with Crippen molar-refractivity contribution in [1.82, 2.24) is 9.88 Å². The summed E-state index contributed by atoms with van der Waals surface area (Å²) in [7, 11) is 0. The molecular weight excluding hydrogens is 304 g/mol. The van der Waals surface area contributed by atoms with Crippen LogP contribution in [0.3, 0.4) is 0 Å². The topological polar surface area (TPSA) is 52.5 Å². The molecule has 1 saturated heterocycles. The molecule has 2 heterocycles. The molecule has 1 aliphatic rings. The maximum atomic E-state index is 12.5. The van der Waals surface area contributed by atoms with Gasteiger partial charge in [0.2, 0.25) is 0 Å². The third-order valence-electron chi connectivity index (χ3n) is 4.20. The van der Waals surface area contributed by atoms with E-state index in [2.05, 4.69) is 5.32 Å². The first-order valence-corrected chi connectivity index (χ1v) is 8.57. The quantitative estimate of drug-likeness (QED) is 0.794. The van der Waals surface area contributed by atoms with E-state index in [0.29, 0.717) is 19.0 Å². The summed E-state index contributed by atoms with van der Waals surface area (Å²) in [6.07, 6.45) is 4.56. The molecule has 24 heavy (non-hydrogen) atoms. The van der Waals surface area contributed by atoms with Gasteiger partial charge in [0.05, 0.1) is 13.2 Å². The van der Waals surface area contributed by atoms with Gasteiger partial charge in [-0.05, 0) is 50.2 Å². The minimum Gasteiger partial charge on any atom is -0.493 e. The van der Waals surface area contributed by atoms with Crippen LogP contribution in [-0.4, -0.2) is 30.9 Å². The number of nitrogens with one attached hydrogen (secondary N) is 1. The Morgan fingerprint density at radius 2 is 1.75 bits per heavy atom. The first-order valence-electron chi connectivity index (χ1n) is 8.57. The van der Waals surface area contributed by atoms with Gasteiger partial charge in [0.1, 0.15) is 5.75 Å². The molecule has 0 atom stereocenters. The second-order valence-electron chi connectivity index (χ2n) is 5.93. The van der Waals surface area contributed by atoms with Gasteiger partial charge in [-0.15, -0.1) is 0 Å². The van der Waals surface area contributed by atoms with Crippen molar-refractivity contribution >= 4 is 0 Å². The van der Waals surface area contributed by atoms with E-state index in [1.165, 1.54) is 0 Å². The molecule has 2 aromatic rings. The average molecular weight is 328 g/mol. The number of nitrogens with zero attached hydrogens (tertiary/aromatic N) is 1. The number of para-hydroxylation sites is 1. The number of hydrogen-bond acceptors (Lipinski definition) is 4. The van der Waals surface area contributed by atoms with Gasteiger partial charge in [0, 0.05) is 18.7 Å². The molecule has 128 valence electrons. The third kappa shape index (κ3) is 4.38. The highest BCUT2D eigenvalue weighted by atomic mass is 16.5. The first-order chi connectivity index (χ1) is 11.8. The molecule has 1 aliphatic heterocycles. The van der Waals surface area contributed by atoms with Crippen LogP contribution in [0.25, 0.3) is 0 Å². The van der Waals surface area contributed by atoms with Crippen LogP contribution in [0, 0.1) is 0 Å². The van der Waals surface area contributed by atoms with Gasteiger partial charge in [-0.2, -0.15) is 0 Å². The van der Waals surface area contributed by atoms with Crippen molar-refractivity contribution < 1.29 is 9.47 Å². The highest BCUT2D eigenvalue weighted by Crippen LogP contribution is 2.17. The van der Waals surface area contributed by atoms with Crippen LogP contribution in [0.2, 0.25) is 0 Å². The van der Waals surface area contributed by atoms with Gasteiger partial charge in [0.15, 0.2) is 5.75 Å². The number of hydrogen-bond donors (Lipinski definition) is 1. The lowest BCUT2D eigenvalue weighted by atomic mass is 10.1. The smallest absolute Gasteiger partial charge is 0.293 e. The summed E-state index contributed by atoms with van der Waals surface area (Å²) < 4.78 is 13.1. The summed E-state index contributed by atoms with van der Waals surface area (Å²) >= 11 is 0. The molecule has 0 amide bonds. The number of aromatic nitrogens is 1.